The van der Waals surface area contributed by atoms with Gasteiger partial charge in [0.1, 0.15) is 0 Å². The summed E-state index contributed by atoms with van der Waals surface area (Å²) in [5.41, 5.74) is 2.66. The number of fused-ring (bicyclic) bond motifs is 1. The van der Waals surface area contributed by atoms with Crippen LogP contribution in [0, 0.1) is 0 Å². The molecule has 82 valence electrons. The van der Waals surface area contributed by atoms with E-state index in [4.69, 9.17) is 0 Å². The lowest BCUT2D eigenvalue weighted by molar-refractivity contribution is 0.596. The minimum atomic E-state index is 0.194. The molecule has 2 rings (SSSR count). The zero-order valence-electron chi connectivity index (χ0n) is 10.3. The minimum absolute atomic E-state index is 0.194. The molecule has 0 unspecified atom stereocenters. The standard InChI is InChI=1S/C11H14N2.C2H6/c1-11(2,3)9-6-13-10-7-12-5-4-8(9)10;1-2/h4-7,13H,1-3H3;1-2H3. The number of hydrogen-bond donors (Lipinski definition) is 1. The van der Waals surface area contributed by atoms with E-state index in [2.05, 4.69) is 43.0 Å². The molecule has 0 fully saturated rings. The molecule has 0 aliphatic rings. The zero-order valence-corrected chi connectivity index (χ0v) is 10.3. The SMILES string of the molecule is CC.CC(C)(C)c1c[nH]c2cnccc12. The molecule has 0 radical (unpaired) electrons. The number of nitrogens with zero attached hydrogens (tertiary/aromatic N) is 1. The first kappa shape index (κ1) is 11.8. The zero-order chi connectivity index (χ0) is 11.5. The molecule has 15 heavy (non-hydrogen) atoms. The molecule has 0 atom stereocenters. The third kappa shape index (κ3) is 2.38. The van der Waals surface area contributed by atoms with Crippen LogP contribution in [0.1, 0.15) is 40.2 Å². The summed E-state index contributed by atoms with van der Waals surface area (Å²) in [6, 6.07) is 2.06. The Kier molecular flexibility index (Phi) is 3.51. The van der Waals surface area contributed by atoms with Gasteiger partial charge >= 0.3 is 0 Å². The van der Waals surface area contributed by atoms with Gasteiger partial charge in [-0.2, -0.15) is 0 Å². The molecule has 0 spiro atoms. The molecule has 1 N–H and O–H groups in total. The molecule has 0 bridgehead atoms. The van der Waals surface area contributed by atoms with Gasteiger partial charge in [-0.3, -0.25) is 4.98 Å². The summed E-state index contributed by atoms with van der Waals surface area (Å²) in [5.74, 6) is 0. The predicted octanol–water partition coefficient (Wildman–Crippen LogP) is 3.89. The van der Waals surface area contributed by atoms with E-state index in [1.54, 1.807) is 0 Å². The van der Waals surface area contributed by atoms with E-state index >= 15 is 0 Å². The van der Waals surface area contributed by atoms with Crippen molar-refractivity contribution in [3.05, 3.63) is 30.2 Å². The van der Waals surface area contributed by atoms with Crippen molar-refractivity contribution in [3.8, 4) is 0 Å². The molecule has 2 nitrogen and oxygen atoms in total. The highest BCUT2D eigenvalue weighted by molar-refractivity contribution is 5.83. The average molecular weight is 204 g/mol. The maximum Gasteiger partial charge on any atom is 0.0643 e. The van der Waals surface area contributed by atoms with Gasteiger partial charge in [0.2, 0.25) is 0 Å². The van der Waals surface area contributed by atoms with Crippen LogP contribution in [-0.2, 0) is 5.41 Å². The van der Waals surface area contributed by atoms with Crippen molar-refractivity contribution < 1.29 is 0 Å². The highest BCUT2D eigenvalue weighted by Crippen LogP contribution is 2.28. The fraction of sp³-hybridized carbons (Fsp3) is 0.462. The van der Waals surface area contributed by atoms with Crippen molar-refractivity contribution in [3.63, 3.8) is 0 Å². The van der Waals surface area contributed by atoms with E-state index in [0.717, 1.165) is 5.52 Å². The predicted molar refractivity (Wildman–Crippen MR) is 66.1 cm³/mol. The Bertz CT molecular complexity index is 421. The highest BCUT2D eigenvalue weighted by atomic mass is 14.7. The fourth-order valence-electron chi connectivity index (χ4n) is 1.59. The Balaban J connectivity index is 0.000000531. The third-order valence-electron chi connectivity index (χ3n) is 2.29. The van der Waals surface area contributed by atoms with Crippen molar-refractivity contribution in [1.82, 2.24) is 9.97 Å². The molecular weight excluding hydrogens is 184 g/mol. The average Bonchev–Trinajstić information content (AvgIpc) is 2.63. The molecule has 0 aliphatic heterocycles. The topological polar surface area (TPSA) is 28.7 Å². The van der Waals surface area contributed by atoms with Gasteiger partial charge in [-0.15, -0.1) is 0 Å². The van der Waals surface area contributed by atoms with Gasteiger partial charge in [0.05, 0.1) is 11.7 Å². The van der Waals surface area contributed by atoms with E-state index in [0.29, 0.717) is 0 Å². The van der Waals surface area contributed by atoms with Gasteiger partial charge < -0.3 is 4.98 Å². The summed E-state index contributed by atoms with van der Waals surface area (Å²) in [7, 11) is 0. The molecule has 0 saturated carbocycles. The van der Waals surface area contributed by atoms with Crippen LogP contribution in [-0.4, -0.2) is 9.97 Å². The van der Waals surface area contributed by atoms with E-state index in [1.165, 1.54) is 10.9 Å². The molecule has 0 aliphatic carbocycles. The van der Waals surface area contributed by atoms with Crippen molar-refractivity contribution in [2.24, 2.45) is 0 Å². The fourth-order valence-corrected chi connectivity index (χ4v) is 1.59. The first-order valence-electron chi connectivity index (χ1n) is 5.50. The number of aromatic amines is 1. The van der Waals surface area contributed by atoms with Crippen LogP contribution < -0.4 is 0 Å². The Labute approximate surface area is 91.7 Å². The maximum absolute atomic E-state index is 4.08. The summed E-state index contributed by atoms with van der Waals surface area (Å²) >= 11 is 0. The van der Waals surface area contributed by atoms with Gasteiger partial charge in [0, 0.05) is 17.8 Å². The van der Waals surface area contributed by atoms with Crippen LogP contribution in [0.2, 0.25) is 0 Å². The molecule has 2 aromatic rings. The number of nitrogens with one attached hydrogen (secondary N) is 1. The molecular formula is C13H20N2. The monoisotopic (exact) mass is 204 g/mol. The Hall–Kier alpha value is -1.31. The maximum atomic E-state index is 4.08. The Morgan fingerprint density at radius 2 is 1.87 bits per heavy atom. The van der Waals surface area contributed by atoms with Crippen molar-refractivity contribution in [1.29, 1.82) is 0 Å². The largest absolute Gasteiger partial charge is 0.360 e. The lowest BCUT2D eigenvalue weighted by atomic mass is 9.87. The molecule has 0 aromatic carbocycles. The smallest absolute Gasteiger partial charge is 0.0643 e. The van der Waals surface area contributed by atoms with Crippen LogP contribution in [0.4, 0.5) is 0 Å². The number of pyridine rings is 1. The van der Waals surface area contributed by atoms with Crippen molar-refractivity contribution in [2.45, 2.75) is 40.0 Å². The van der Waals surface area contributed by atoms with E-state index in [1.807, 2.05) is 26.2 Å². The van der Waals surface area contributed by atoms with Gasteiger partial charge in [-0.05, 0) is 17.0 Å². The summed E-state index contributed by atoms with van der Waals surface area (Å²) < 4.78 is 0. The number of rotatable bonds is 0. The quantitative estimate of drug-likeness (QED) is 0.693. The second-order valence-corrected chi connectivity index (χ2v) is 4.37. The van der Waals surface area contributed by atoms with Crippen LogP contribution in [0.3, 0.4) is 0 Å². The minimum Gasteiger partial charge on any atom is -0.360 e. The molecule has 2 heterocycles. The van der Waals surface area contributed by atoms with Crippen LogP contribution in [0.5, 0.6) is 0 Å². The highest BCUT2D eigenvalue weighted by Gasteiger charge is 2.17. The number of aromatic nitrogens is 2. The van der Waals surface area contributed by atoms with Gasteiger partial charge in [0.15, 0.2) is 0 Å². The lowest BCUT2D eigenvalue weighted by Crippen LogP contribution is -2.09. The first-order valence-corrected chi connectivity index (χ1v) is 5.50. The Morgan fingerprint density at radius 3 is 2.47 bits per heavy atom. The van der Waals surface area contributed by atoms with Crippen molar-refractivity contribution in [2.75, 3.05) is 0 Å². The molecule has 2 heteroatoms. The van der Waals surface area contributed by atoms with E-state index in [-0.39, 0.29) is 5.41 Å². The third-order valence-corrected chi connectivity index (χ3v) is 2.29. The summed E-state index contributed by atoms with van der Waals surface area (Å²) in [4.78, 5) is 7.31. The normalized spacial score (nSPS) is 11.0. The Morgan fingerprint density at radius 1 is 1.20 bits per heavy atom. The summed E-state index contributed by atoms with van der Waals surface area (Å²) in [6.07, 6.45) is 5.78. The van der Waals surface area contributed by atoms with E-state index in [9.17, 15) is 0 Å². The van der Waals surface area contributed by atoms with E-state index < -0.39 is 0 Å². The van der Waals surface area contributed by atoms with Crippen molar-refractivity contribution >= 4 is 10.9 Å². The molecule has 0 amide bonds. The van der Waals surface area contributed by atoms with Crippen LogP contribution >= 0.6 is 0 Å². The number of H-pyrrole nitrogens is 1. The molecule has 2 aromatic heterocycles. The number of hydrogen-bond acceptors (Lipinski definition) is 1. The summed E-state index contributed by atoms with van der Waals surface area (Å²) in [5, 5.41) is 1.28. The van der Waals surface area contributed by atoms with Crippen LogP contribution in [0.25, 0.3) is 10.9 Å². The van der Waals surface area contributed by atoms with Crippen LogP contribution in [0.15, 0.2) is 24.7 Å². The molecule has 0 saturated heterocycles. The van der Waals surface area contributed by atoms with Gasteiger partial charge in [-0.1, -0.05) is 34.6 Å². The second kappa shape index (κ2) is 4.47. The first-order chi connectivity index (χ1) is 7.09. The lowest BCUT2D eigenvalue weighted by Gasteiger charge is -2.17. The van der Waals surface area contributed by atoms with Gasteiger partial charge in [0.25, 0.3) is 0 Å². The second-order valence-electron chi connectivity index (χ2n) is 4.37. The van der Waals surface area contributed by atoms with Gasteiger partial charge in [-0.25, -0.2) is 0 Å². The summed E-state index contributed by atoms with van der Waals surface area (Å²) in [6.45, 7) is 10.7.